The minimum atomic E-state index is -0.739. The lowest BCUT2D eigenvalue weighted by Crippen LogP contribution is -2.45. The summed E-state index contributed by atoms with van der Waals surface area (Å²) in [6.07, 6.45) is -0.338. The van der Waals surface area contributed by atoms with E-state index in [1.165, 1.54) is 0 Å². The number of carbonyl (C=O) groups excluding carboxylic acids is 1. The first-order valence-electron chi connectivity index (χ1n) is 8.70. The summed E-state index contributed by atoms with van der Waals surface area (Å²) in [5, 5.41) is 13.7. The molecule has 2 atom stereocenters. The molecule has 0 spiro atoms. The van der Waals surface area contributed by atoms with E-state index in [1.807, 2.05) is 54.6 Å². The van der Waals surface area contributed by atoms with Gasteiger partial charge in [0.15, 0.2) is 0 Å². The Morgan fingerprint density at radius 1 is 1.11 bits per heavy atom. The Bertz CT molecular complexity index is 882. The lowest BCUT2D eigenvalue weighted by atomic mass is 10.0. The maximum Gasteiger partial charge on any atom is 0.268 e. The van der Waals surface area contributed by atoms with Crippen molar-refractivity contribution in [2.45, 2.75) is 18.6 Å². The van der Waals surface area contributed by atoms with Gasteiger partial charge in [-0.05, 0) is 24.6 Å². The van der Waals surface area contributed by atoms with Crippen LogP contribution in [0.4, 0.5) is 0 Å². The molecular formula is C20H25ClN4O2. The summed E-state index contributed by atoms with van der Waals surface area (Å²) in [6.45, 7) is 0.520. The third-order valence-corrected chi connectivity index (χ3v) is 4.45. The van der Waals surface area contributed by atoms with Gasteiger partial charge in [-0.15, -0.1) is 12.4 Å². The van der Waals surface area contributed by atoms with Crippen LogP contribution in [-0.4, -0.2) is 41.2 Å². The number of halogens is 1. The molecule has 0 radical (unpaired) electrons. The number of aromatic amines is 1. The van der Waals surface area contributed by atoms with E-state index >= 15 is 0 Å². The number of aromatic nitrogens is 1. The Morgan fingerprint density at radius 3 is 2.48 bits per heavy atom. The summed E-state index contributed by atoms with van der Waals surface area (Å²) in [6, 6.07) is 17.0. The van der Waals surface area contributed by atoms with Crippen LogP contribution in [0.25, 0.3) is 22.0 Å². The van der Waals surface area contributed by atoms with Crippen molar-refractivity contribution in [3.63, 3.8) is 0 Å². The number of amides is 1. The number of nitrogens with two attached hydrogens (primary N) is 2. The molecule has 7 heteroatoms. The first-order valence-corrected chi connectivity index (χ1v) is 8.70. The molecule has 0 aliphatic rings. The molecule has 144 valence electrons. The van der Waals surface area contributed by atoms with Gasteiger partial charge in [0.2, 0.25) is 0 Å². The van der Waals surface area contributed by atoms with Gasteiger partial charge in [-0.25, -0.2) is 0 Å². The molecule has 0 fully saturated rings. The molecule has 1 aromatic heterocycles. The molecule has 0 saturated heterocycles. The number of benzene rings is 2. The van der Waals surface area contributed by atoms with Crippen molar-refractivity contribution in [3.05, 3.63) is 60.3 Å². The fourth-order valence-corrected chi connectivity index (χ4v) is 3.04. The number of H-pyrrole nitrogens is 1. The number of rotatable bonds is 7. The highest BCUT2D eigenvalue weighted by molar-refractivity contribution is 6.09. The second kappa shape index (κ2) is 9.53. The van der Waals surface area contributed by atoms with E-state index in [2.05, 4.69) is 10.3 Å². The summed E-state index contributed by atoms with van der Waals surface area (Å²) >= 11 is 0. The first kappa shape index (κ1) is 20.9. The maximum absolute atomic E-state index is 12.8. The number of hydrogen-bond donors (Lipinski definition) is 5. The van der Waals surface area contributed by atoms with Crippen molar-refractivity contribution in [1.82, 2.24) is 10.3 Å². The van der Waals surface area contributed by atoms with E-state index in [0.717, 1.165) is 22.0 Å². The van der Waals surface area contributed by atoms with Crippen LogP contribution in [0, 0.1) is 0 Å². The lowest BCUT2D eigenvalue weighted by Gasteiger charge is -2.18. The van der Waals surface area contributed by atoms with Crippen molar-refractivity contribution in [1.29, 1.82) is 0 Å². The van der Waals surface area contributed by atoms with Gasteiger partial charge in [-0.2, -0.15) is 0 Å². The zero-order valence-electron chi connectivity index (χ0n) is 14.9. The van der Waals surface area contributed by atoms with Crippen LogP contribution < -0.4 is 16.8 Å². The highest BCUT2D eigenvalue weighted by Crippen LogP contribution is 2.32. The molecule has 1 heterocycles. The highest BCUT2D eigenvalue weighted by atomic mass is 35.5. The van der Waals surface area contributed by atoms with E-state index in [4.69, 9.17) is 11.5 Å². The second-order valence-electron chi connectivity index (χ2n) is 6.31. The van der Waals surface area contributed by atoms with E-state index in [9.17, 15) is 9.90 Å². The van der Waals surface area contributed by atoms with Gasteiger partial charge >= 0.3 is 0 Å². The molecular weight excluding hydrogens is 364 g/mol. The van der Waals surface area contributed by atoms with Gasteiger partial charge in [-0.3, -0.25) is 4.79 Å². The van der Waals surface area contributed by atoms with Crippen LogP contribution >= 0.6 is 12.4 Å². The van der Waals surface area contributed by atoms with E-state index in [-0.39, 0.29) is 24.9 Å². The van der Waals surface area contributed by atoms with Crippen LogP contribution in [0.3, 0.4) is 0 Å². The minimum absolute atomic E-state index is 0. The number of para-hydroxylation sites is 1. The average Bonchev–Trinajstić information content (AvgIpc) is 3.06. The number of fused-ring (bicyclic) bond motifs is 1. The summed E-state index contributed by atoms with van der Waals surface area (Å²) in [7, 11) is 0. The highest BCUT2D eigenvalue weighted by Gasteiger charge is 2.20. The lowest BCUT2D eigenvalue weighted by molar-refractivity contribution is 0.0925. The Labute approximate surface area is 164 Å². The van der Waals surface area contributed by atoms with Gasteiger partial charge in [-0.1, -0.05) is 48.5 Å². The molecule has 1 unspecified atom stereocenters. The molecule has 6 nitrogen and oxygen atoms in total. The predicted octanol–water partition coefficient (Wildman–Crippen LogP) is 2.02. The van der Waals surface area contributed by atoms with Gasteiger partial charge < -0.3 is 26.9 Å². The predicted molar refractivity (Wildman–Crippen MR) is 111 cm³/mol. The number of aliphatic hydroxyl groups is 1. The standard InChI is InChI=1S/C20H24N4O2.ClH/c21-11-10-17(25)15(22)12-23-20(26)19-18(13-6-2-1-3-7-13)14-8-4-5-9-16(14)24-19;/h1-9,15,17,24-25H,10-12,21-22H2,(H,23,26);1H/t15-,17?;/m0./s1. The van der Waals surface area contributed by atoms with E-state index < -0.39 is 12.1 Å². The van der Waals surface area contributed by atoms with Gasteiger partial charge in [0, 0.05) is 29.1 Å². The topological polar surface area (TPSA) is 117 Å². The average molecular weight is 389 g/mol. The third kappa shape index (κ3) is 4.67. The Hall–Kier alpha value is -2.38. The summed E-state index contributed by atoms with van der Waals surface area (Å²) in [5.41, 5.74) is 14.6. The SMILES string of the molecule is Cl.NCCC(O)[C@@H](N)CNC(=O)c1[nH]c2ccccc2c1-c1ccccc1. The minimum Gasteiger partial charge on any atom is -0.391 e. The van der Waals surface area contributed by atoms with Crippen LogP contribution in [0.2, 0.25) is 0 Å². The summed E-state index contributed by atoms with van der Waals surface area (Å²) in [5.74, 6) is -0.254. The Balaban J connectivity index is 0.00000261. The first-order chi connectivity index (χ1) is 12.6. The van der Waals surface area contributed by atoms with E-state index in [0.29, 0.717) is 18.7 Å². The second-order valence-corrected chi connectivity index (χ2v) is 6.31. The zero-order valence-corrected chi connectivity index (χ0v) is 15.7. The van der Waals surface area contributed by atoms with Gasteiger partial charge in [0.1, 0.15) is 5.69 Å². The normalized spacial score (nSPS) is 13.0. The molecule has 3 aromatic rings. The van der Waals surface area contributed by atoms with Crippen molar-refractivity contribution in [2.75, 3.05) is 13.1 Å². The van der Waals surface area contributed by atoms with Crippen molar-refractivity contribution >= 4 is 29.2 Å². The van der Waals surface area contributed by atoms with Crippen molar-refractivity contribution < 1.29 is 9.90 Å². The zero-order chi connectivity index (χ0) is 18.5. The number of nitrogens with one attached hydrogen (secondary N) is 2. The molecule has 0 aliphatic heterocycles. The Kier molecular flexibility index (Phi) is 7.38. The number of aliphatic hydroxyl groups excluding tert-OH is 1. The van der Waals surface area contributed by atoms with Crippen LogP contribution in [0.5, 0.6) is 0 Å². The molecule has 0 aliphatic carbocycles. The smallest absolute Gasteiger partial charge is 0.268 e. The van der Waals surface area contributed by atoms with Crippen LogP contribution in [0.1, 0.15) is 16.9 Å². The molecule has 2 aromatic carbocycles. The van der Waals surface area contributed by atoms with Crippen molar-refractivity contribution in [3.8, 4) is 11.1 Å². The summed E-state index contributed by atoms with van der Waals surface area (Å²) in [4.78, 5) is 16.0. The monoisotopic (exact) mass is 388 g/mol. The molecule has 1 amide bonds. The van der Waals surface area contributed by atoms with Crippen LogP contribution in [0.15, 0.2) is 54.6 Å². The molecule has 0 bridgehead atoms. The largest absolute Gasteiger partial charge is 0.391 e. The maximum atomic E-state index is 12.8. The number of hydrogen-bond acceptors (Lipinski definition) is 4. The van der Waals surface area contributed by atoms with Gasteiger partial charge in [0.25, 0.3) is 5.91 Å². The van der Waals surface area contributed by atoms with E-state index in [1.54, 1.807) is 0 Å². The summed E-state index contributed by atoms with van der Waals surface area (Å²) < 4.78 is 0. The number of carbonyl (C=O) groups is 1. The quantitative estimate of drug-likeness (QED) is 0.425. The molecule has 0 saturated carbocycles. The fourth-order valence-electron chi connectivity index (χ4n) is 3.04. The van der Waals surface area contributed by atoms with Crippen molar-refractivity contribution in [2.24, 2.45) is 11.5 Å². The molecule has 27 heavy (non-hydrogen) atoms. The van der Waals surface area contributed by atoms with Gasteiger partial charge in [0.05, 0.1) is 6.10 Å². The molecule has 3 rings (SSSR count). The fraction of sp³-hybridized carbons (Fsp3) is 0.250. The van der Waals surface area contributed by atoms with Crippen LogP contribution in [-0.2, 0) is 0 Å². The Morgan fingerprint density at radius 2 is 1.78 bits per heavy atom. The molecule has 7 N–H and O–H groups in total. The third-order valence-electron chi connectivity index (χ3n) is 4.45.